The molecule has 0 aliphatic heterocycles. The van der Waals surface area contributed by atoms with Gasteiger partial charge in [-0.05, 0) is 35.9 Å². The molecular formula is C22H22F2N2O5S. The lowest BCUT2D eigenvalue weighted by Crippen LogP contribution is -2.13. The topological polar surface area (TPSA) is 89.9 Å². The number of nitrogens with one attached hydrogen (secondary N) is 1. The van der Waals surface area contributed by atoms with Crippen LogP contribution in [0.25, 0.3) is 0 Å². The van der Waals surface area contributed by atoms with E-state index in [2.05, 4.69) is 10.3 Å². The number of aliphatic hydroxyl groups is 1. The fourth-order valence-corrected chi connectivity index (χ4v) is 3.64. The summed E-state index contributed by atoms with van der Waals surface area (Å²) in [4.78, 5) is 17.6. The number of hydrogen-bond acceptors (Lipinski definition) is 7. The average molecular weight is 464 g/mol. The standard InChI is InChI=1S/C22H22F2N2O5S/c1-29-6-7-31-19-3-2-15(11-20(19)30-5-4-27)21(28)26-22-25-13-18(32-22)10-14-8-16(23)12-17(24)9-14/h2-3,8-9,11-13,27H,4-7,10H2,1H3,(H,25,26,28). The van der Waals surface area contributed by atoms with E-state index in [4.69, 9.17) is 19.3 Å². The lowest BCUT2D eigenvalue weighted by atomic mass is 10.1. The summed E-state index contributed by atoms with van der Waals surface area (Å²) in [5.41, 5.74) is 0.778. The Bertz CT molecular complexity index is 1040. The number of carbonyl (C=O) groups is 1. The van der Waals surface area contributed by atoms with Crippen LogP contribution in [0, 0.1) is 11.6 Å². The Labute approximate surface area is 187 Å². The van der Waals surface area contributed by atoms with Gasteiger partial charge in [-0.1, -0.05) is 0 Å². The smallest absolute Gasteiger partial charge is 0.257 e. The van der Waals surface area contributed by atoms with Gasteiger partial charge in [-0.3, -0.25) is 10.1 Å². The van der Waals surface area contributed by atoms with Crippen molar-refractivity contribution in [1.82, 2.24) is 4.98 Å². The summed E-state index contributed by atoms with van der Waals surface area (Å²) in [5.74, 6) is -0.972. The highest BCUT2D eigenvalue weighted by Gasteiger charge is 2.14. The van der Waals surface area contributed by atoms with Gasteiger partial charge in [0.1, 0.15) is 24.8 Å². The number of ether oxygens (including phenoxy) is 3. The molecule has 2 N–H and O–H groups in total. The second-order valence-electron chi connectivity index (χ2n) is 6.62. The first-order valence-electron chi connectivity index (χ1n) is 9.69. The average Bonchev–Trinajstić information content (AvgIpc) is 3.18. The minimum Gasteiger partial charge on any atom is -0.487 e. The van der Waals surface area contributed by atoms with E-state index in [-0.39, 0.29) is 19.6 Å². The van der Waals surface area contributed by atoms with Crippen molar-refractivity contribution in [3.8, 4) is 11.5 Å². The zero-order chi connectivity index (χ0) is 22.9. The predicted octanol–water partition coefficient (Wildman–Crippen LogP) is 3.66. The number of benzene rings is 2. The van der Waals surface area contributed by atoms with Gasteiger partial charge >= 0.3 is 0 Å². The van der Waals surface area contributed by atoms with Crippen molar-refractivity contribution in [3.05, 3.63) is 70.2 Å². The fourth-order valence-electron chi connectivity index (χ4n) is 2.80. The molecule has 0 aliphatic rings. The summed E-state index contributed by atoms with van der Waals surface area (Å²) in [7, 11) is 1.56. The van der Waals surface area contributed by atoms with Crippen LogP contribution < -0.4 is 14.8 Å². The molecule has 1 aromatic heterocycles. The zero-order valence-electron chi connectivity index (χ0n) is 17.3. The molecule has 0 fully saturated rings. The summed E-state index contributed by atoms with van der Waals surface area (Å²) in [6.07, 6.45) is 1.83. The molecule has 0 aliphatic carbocycles. The molecule has 3 aromatic rings. The lowest BCUT2D eigenvalue weighted by Gasteiger charge is -2.13. The monoisotopic (exact) mass is 464 g/mol. The third kappa shape index (κ3) is 6.71. The third-order valence-corrected chi connectivity index (χ3v) is 5.09. The first-order valence-corrected chi connectivity index (χ1v) is 10.5. The van der Waals surface area contributed by atoms with E-state index >= 15 is 0 Å². The first kappa shape index (κ1) is 23.6. The number of methoxy groups -OCH3 is 1. The Balaban J connectivity index is 1.68. The highest BCUT2D eigenvalue weighted by molar-refractivity contribution is 7.15. The molecule has 0 atom stereocenters. The van der Waals surface area contributed by atoms with Crippen molar-refractivity contribution >= 4 is 22.4 Å². The van der Waals surface area contributed by atoms with E-state index in [0.29, 0.717) is 41.0 Å². The van der Waals surface area contributed by atoms with Crippen LogP contribution in [0.4, 0.5) is 13.9 Å². The van der Waals surface area contributed by atoms with Crippen LogP contribution in [-0.2, 0) is 11.2 Å². The number of halogens is 2. The minimum absolute atomic E-state index is 0.0439. The highest BCUT2D eigenvalue weighted by Crippen LogP contribution is 2.29. The van der Waals surface area contributed by atoms with Crippen molar-refractivity contribution in [3.63, 3.8) is 0 Å². The molecule has 0 bridgehead atoms. The minimum atomic E-state index is -0.646. The number of hydrogen-bond donors (Lipinski definition) is 2. The molecule has 32 heavy (non-hydrogen) atoms. The molecule has 0 saturated heterocycles. The van der Waals surface area contributed by atoms with Crippen LogP contribution in [0.2, 0.25) is 0 Å². The first-order chi connectivity index (χ1) is 15.5. The molecule has 0 saturated carbocycles. The number of aromatic nitrogens is 1. The van der Waals surface area contributed by atoms with Gasteiger partial charge < -0.3 is 19.3 Å². The van der Waals surface area contributed by atoms with E-state index in [1.807, 2.05) is 0 Å². The Kier molecular flexibility index (Phi) is 8.48. The van der Waals surface area contributed by atoms with Crippen molar-refractivity contribution in [2.75, 3.05) is 38.9 Å². The maximum absolute atomic E-state index is 13.4. The Morgan fingerprint density at radius 2 is 1.81 bits per heavy atom. The van der Waals surface area contributed by atoms with Crippen LogP contribution in [-0.4, -0.2) is 49.5 Å². The lowest BCUT2D eigenvalue weighted by molar-refractivity contribution is 0.102. The Morgan fingerprint density at radius 1 is 1.06 bits per heavy atom. The molecule has 0 radical (unpaired) electrons. The summed E-state index contributed by atoms with van der Waals surface area (Å²) in [6, 6.07) is 8.01. The number of nitrogens with zero attached hydrogens (tertiary/aromatic N) is 1. The fraction of sp³-hybridized carbons (Fsp3) is 0.273. The summed E-state index contributed by atoms with van der Waals surface area (Å²) >= 11 is 1.21. The normalized spacial score (nSPS) is 10.8. The quantitative estimate of drug-likeness (QED) is 0.421. The highest BCUT2D eigenvalue weighted by atomic mass is 32.1. The van der Waals surface area contributed by atoms with Gasteiger partial charge in [-0.15, -0.1) is 11.3 Å². The molecule has 10 heteroatoms. The molecule has 0 unspecified atom stereocenters. The second kappa shape index (κ2) is 11.5. The molecule has 7 nitrogen and oxygen atoms in total. The van der Waals surface area contributed by atoms with Crippen LogP contribution in [0.1, 0.15) is 20.8 Å². The molecular weight excluding hydrogens is 442 g/mol. The van der Waals surface area contributed by atoms with Crippen LogP contribution >= 0.6 is 11.3 Å². The largest absolute Gasteiger partial charge is 0.487 e. The Morgan fingerprint density at radius 3 is 2.53 bits per heavy atom. The van der Waals surface area contributed by atoms with E-state index in [9.17, 15) is 13.6 Å². The second-order valence-corrected chi connectivity index (χ2v) is 7.73. The molecule has 1 heterocycles. The number of thiazole rings is 1. The number of carbonyl (C=O) groups excluding carboxylic acids is 1. The van der Waals surface area contributed by atoms with Gasteiger partial charge in [0.15, 0.2) is 16.6 Å². The van der Waals surface area contributed by atoms with E-state index in [1.165, 1.54) is 29.5 Å². The van der Waals surface area contributed by atoms with Gasteiger partial charge in [-0.2, -0.15) is 0 Å². The van der Waals surface area contributed by atoms with Crippen molar-refractivity contribution in [1.29, 1.82) is 0 Å². The van der Waals surface area contributed by atoms with E-state index < -0.39 is 17.5 Å². The molecule has 0 spiro atoms. The predicted molar refractivity (Wildman–Crippen MR) is 116 cm³/mol. The summed E-state index contributed by atoms with van der Waals surface area (Å²) < 4.78 is 42.8. The summed E-state index contributed by atoms with van der Waals surface area (Å²) in [5, 5.41) is 12.1. The van der Waals surface area contributed by atoms with Crippen molar-refractivity contribution in [2.24, 2.45) is 0 Å². The third-order valence-electron chi connectivity index (χ3n) is 4.17. The number of amides is 1. The van der Waals surface area contributed by atoms with E-state index in [1.54, 1.807) is 25.4 Å². The van der Waals surface area contributed by atoms with Crippen molar-refractivity contribution < 1.29 is 32.9 Å². The van der Waals surface area contributed by atoms with Gasteiger partial charge in [0.25, 0.3) is 5.91 Å². The Hall–Kier alpha value is -3.08. The number of rotatable bonds is 11. The number of aliphatic hydroxyl groups excluding tert-OH is 1. The maximum atomic E-state index is 13.4. The van der Waals surface area contributed by atoms with Gasteiger partial charge in [0.2, 0.25) is 0 Å². The summed E-state index contributed by atoms with van der Waals surface area (Å²) in [6.45, 7) is 0.540. The van der Waals surface area contributed by atoms with Gasteiger partial charge in [-0.25, -0.2) is 13.8 Å². The molecule has 2 aromatic carbocycles. The maximum Gasteiger partial charge on any atom is 0.257 e. The molecule has 3 rings (SSSR count). The van der Waals surface area contributed by atoms with Crippen LogP contribution in [0.5, 0.6) is 11.5 Å². The van der Waals surface area contributed by atoms with Crippen LogP contribution in [0.15, 0.2) is 42.6 Å². The van der Waals surface area contributed by atoms with Gasteiger partial charge in [0.05, 0.1) is 13.2 Å². The zero-order valence-corrected chi connectivity index (χ0v) is 18.1. The number of anilines is 1. The van der Waals surface area contributed by atoms with Crippen LogP contribution in [0.3, 0.4) is 0 Å². The molecule has 1 amide bonds. The van der Waals surface area contributed by atoms with E-state index in [0.717, 1.165) is 10.9 Å². The van der Waals surface area contributed by atoms with Crippen molar-refractivity contribution in [2.45, 2.75) is 6.42 Å². The molecule has 170 valence electrons. The SMILES string of the molecule is COCCOc1ccc(C(=O)Nc2ncc(Cc3cc(F)cc(F)c3)s2)cc1OCCO. The van der Waals surface area contributed by atoms with Gasteiger partial charge in [0, 0.05) is 36.2 Å².